The molecule has 0 radical (unpaired) electrons. The number of H-pyrrole nitrogens is 1. The fraction of sp³-hybridized carbons (Fsp3) is 0.261. The number of aromatic nitrogens is 2. The number of benzene rings is 2. The van der Waals surface area contributed by atoms with Crippen molar-refractivity contribution < 1.29 is 4.79 Å². The van der Waals surface area contributed by atoms with E-state index in [0.717, 1.165) is 29.3 Å². The number of carbonyl (C=O) groups is 1. The Morgan fingerprint density at radius 2 is 2.03 bits per heavy atom. The topological polar surface area (TPSA) is 76.0 Å². The van der Waals surface area contributed by atoms with Crippen molar-refractivity contribution in [3.05, 3.63) is 82.4 Å². The third-order valence-electron chi connectivity index (χ3n) is 5.44. The summed E-state index contributed by atoms with van der Waals surface area (Å²) in [5.41, 5.74) is 3.61. The lowest BCUT2D eigenvalue weighted by Gasteiger charge is -2.37. The number of nitriles is 1. The Morgan fingerprint density at radius 1 is 1.23 bits per heavy atom. The van der Waals surface area contributed by atoms with Gasteiger partial charge >= 0.3 is 0 Å². The van der Waals surface area contributed by atoms with Gasteiger partial charge in [0.15, 0.2) is 0 Å². The van der Waals surface area contributed by atoms with Gasteiger partial charge in [-0.15, -0.1) is 0 Å². The maximum absolute atomic E-state index is 12.7. The number of halogens is 1. The smallest absolute Gasteiger partial charge is 0.241 e. The maximum atomic E-state index is 12.7. The van der Waals surface area contributed by atoms with E-state index in [-0.39, 0.29) is 11.9 Å². The van der Waals surface area contributed by atoms with E-state index in [1.807, 2.05) is 48.7 Å². The summed E-state index contributed by atoms with van der Waals surface area (Å²) in [6.07, 6.45) is 2.56. The molecule has 0 saturated carbocycles. The van der Waals surface area contributed by atoms with Crippen LogP contribution in [0.4, 0.5) is 5.69 Å². The van der Waals surface area contributed by atoms with Crippen molar-refractivity contribution in [1.29, 1.82) is 5.26 Å². The van der Waals surface area contributed by atoms with E-state index in [9.17, 15) is 4.79 Å². The normalized spacial score (nSPS) is 15.8. The molecule has 1 unspecified atom stereocenters. The van der Waals surface area contributed by atoms with E-state index in [0.29, 0.717) is 30.1 Å². The van der Waals surface area contributed by atoms with Gasteiger partial charge in [-0.05, 0) is 42.8 Å². The second kappa shape index (κ2) is 8.70. The summed E-state index contributed by atoms with van der Waals surface area (Å²) < 4.78 is 0. The van der Waals surface area contributed by atoms with Gasteiger partial charge in [-0.1, -0.05) is 29.8 Å². The molecule has 152 valence electrons. The van der Waals surface area contributed by atoms with E-state index in [1.165, 1.54) is 0 Å². The third-order valence-corrected chi connectivity index (χ3v) is 5.67. The molecule has 1 aromatic heterocycles. The lowest BCUT2D eigenvalue weighted by Crippen LogP contribution is -2.51. The molecule has 1 N–H and O–H groups in total. The molecule has 2 aromatic carbocycles. The Hall–Kier alpha value is -3.14. The van der Waals surface area contributed by atoms with Crippen LogP contribution in [-0.4, -0.2) is 40.4 Å². The van der Waals surface area contributed by atoms with Gasteiger partial charge in [-0.25, -0.2) is 4.98 Å². The number of imidazole rings is 1. The SMILES string of the molecule is CC(c1ncc(Cc2ccc(C#N)cc2)[nH]1)N1CCN(c2cccc(Cl)c2)C(=O)C1. The number of carbonyl (C=O) groups excluding carboxylic acids is 1. The zero-order valence-corrected chi connectivity index (χ0v) is 17.4. The Labute approximate surface area is 180 Å². The summed E-state index contributed by atoms with van der Waals surface area (Å²) in [6.45, 7) is 3.76. The van der Waals surface area contributed by atoms with Crippen LogP contribution >= 0.6 is 11.6 Å². The van der Waals surface area contributed by atoms with Gasteiger partial charge in [0.05, 0.1) is 24.2 Å². The summed E-state index contributed by atoms with van der Waals surface area (Å²) in [5.74, 6) is 0.905. The Morgan fingerprint density at radius 3 is 2.73 bits per heavy atom. The number of nitrogens with one attached hydrogen (secondary N) is 1. The molecule has 0 bridgehead atoms. The number of rotatable bonds is 5. The van der Waals surface area contributed by atoms with Gasteiger partial charge in [0.25, 0.3) is 0 Å². The number of hydrogen-bond acceptors (Lipinski definition) is 4. The van der Waals surface area contributed by atoms with Gasteiger partial charge < -0.3 is 9.88 Å². The summed E-state index contributed by atoms with van der Waals surface area (Å²) in [6, 6.07) is 17.1. The molecule has 0 spiro atoms. The number of nitrogens with zero attached hydrogens (tertiary/aromatic N) is 4. The Kier molecular flexibility index (Phi) is 5.84. The predicted molar refractivity (Wildman–Crippen MR) is 116 cm³/mol. The highest BCUT2D eigenvalue weighted by Crippen LogP contribution is 2.25. The van der Waals surface area contributed by atoms with Gasteiger partial charge in [0, 0.05) is 42.1 Å². The van der Waals surface area contributed by atoms with Crippen molar-refractivity contribution in [3.8, 4) is 6.07 Å². The van der Waals surface area contributed by atoms with Crippen molar-refractivity contribution in [1.82, 2.24) is 14.9 Å². The molecule has 1 amide bonds. The number of amides is 1. The first-order valence-corrected chi connectivity index (χ1v) is 10.2. The van der Waals surface area contributed by atoms with Crippen LogP contribution in [0.1, 0.15) is 35.6 Å². The van der Waals surface area contributed by atoms with Gasteiger partial charge in [-0.3, -0.25) is 9.69 Å². The minimum Gasteiger partial charge on any atom is -0.344 e. The highest BCUT2D eigenvalue weighted by molar-refractivity contribution is 6.30. The molecule has 7 heteroatoms. The van der Waals surface area contributed by atoms with Crippen molar-refractivity contribution in [2.24, 2.45) is 0 Å². The van der Waals surface area contributed by atoms with E-state index in [1.54, 1.807) is 11.0 Å². The third kappa shape index (κ3) is 4.38. The van der Waals surface area contributed by atoms with Crippen LogP contribution in [0.2, 0.25) is 5.02 Å². The van der Waals surface area contributed by atoms with Crippen molar-refractivity contribution in [3.63, 3.8) is 0 Å². The average molecular weight is 420 g/mol. The van der Waals surface area contributed by atoms with Crippen molar-refractivity contribution in [2.75, 3.05) is 24.5 Å². The van der Waals surface area contributed by atoms with Crippen LogP contribution in [0.25, 0.3) is 0 Å². The summed E-state index contributed by atoms with van der Waals surface area (Å²) in [5, 5.41) is 9.54. The maximum Gasteiger partial charge on any atom is 0.241 e. The summed E-state index contributed by atoms with van der Waals surface area (Å²) in [4.78, 5) is 24.6. The number of anilines is 1. The molecule has 6 nitrogen and oxygen atoms in total. The van der Waals surface area contributed by atoms with Crippen LogP contribution < -0.4 is 4.90 Å². The molecule has 0 aliphatic carbocycles. The van der Waals surface area contributed by atoms with E-state index < -0.39 is 0 Å². The largest absolute Gasteiger partial charge is 0.344 e. The minimum atomic E-state index is 0.00479. The molecule has 1 atom stereocenters. The van der Waals surface area contributed by atoms with Gasteiger partial charge in [0.2, 0.25) is 5.91 Å². The monoisotopic (exact) mass is 419 g/mol. The second-order valence-electron chi connectivity index (χ2n) is 7.45. The first-order chi connectivity index (χ1) is 14.5. The van der Waals surface area contributed by atoms with Crippen molar-refractivity contribution in [2.45, 2.75) is 19.4 Å². The minimum absolute atomic E-state index is 0.00479. The average Bonchev–Trinajstić information content (AvgIpc) is 3.22. The molecule has 4 rings (SSSR count). The molecule has 30 heavy (non-hydrogen) atoms. The van der Waals surface area contributed by atoms with Crippen LogP contribution in [0.15, 0.2) is 54.7 Å². The van der Waals surface area contributed by atoms with E-state index in [4.69, 9.17) is 16.9 Å². The van der Waals surface area contributed by atoms with Gasteiger partial charge in [0.1, 0.15) is 5.82 Å². The standard InChI is InChI=1S/C23H22ClN5O/c1-16(23-26-14-20(27-23)11-17-5-7-18(13-25)8-6-17)28-9-10-29(22(30)15-28)21-4-2-3-19(24)12-21/h2-8,12,14,16H,9-11,15H2,1H3,(H,26,27). The van der Waals surface area contributed by atoms with Crippen LogP contribution in [0.3, 0.4) is 0 Å². The molecular weight excluding hydrogens is 398 g/mol. The lowest BCUT2D eigenvalue weighted by atomic mass is 10.1. The fourth-order valence-electron chi connectivity index (χ4n) is 3.71. The Balaban J connectivity index is 1.40. The molecule has 1 aliphatic heterocycles. The zero-order valence-electron chi connectivity index (χ0n) is 16.7. The second-order valence-corrected chi connectivity index (χ2v) is 7.89. The summed E-state index contributed by atoms with van der Waals surface area (Å²) >= 11 is 6.07. The fourth-order valence-corrected chi connectivity index (χ4v) is 3.89. The van der Waals surface area contributed by atoms with Crippen LogP contribution in [0, 0.1) is 11.3 Å². The molecule has 2 heterocycles. The molecule has 3 aromatic rings. The molecular formula is C23H22ClN5O. The molecule has 1 saturated heterocycles. The quantitative estimate of drug-likeness (QED) is 0.679. The van der Waals surface area contributed by atoms with Crippen LogP contribution in [-0.2, 0) is 11.2 Å². The Bertz CT molecular complexity index is 1090. The first kappa shape index (κ1) is 20.1. The van der Waals surface area contributed by atoms with Crippen molar-refractivity contribution >= 4 is 23.2 Å². The lowest BCUT2D eigenvalue weighted by molar-refractivity contribution is -0.122. The first-order valence-electron chi connectivity index (χ1n) is 9.86. The molecule has 1 fully saturated rings. The van der Waals surface area contributed by atoms with Gasteiger partial charge in [-0.2, -0.15) is 5.26 Å². The number of hydrogen-bond donors (Lipinski definition) is 1. The zero-order chi connectivity index (χ0) is 21.1. The molecule has 1 aliphatic rings. The number of aromatic amines is 1. The van der Waals surface area contributed by atoms with E-state index in [2.05, 4.69) is 27.9 Å². The van der Waals surface area contributed by atoms with E-state index >= 15 is 0 Å². The number of piperazine rings is 1. The summed E-state index contributed by atoms with van der Waals surface area (Å²) in [7, 11) is 0. The highest BCUT2D eigenvalue weighted by atomic mass is 35.5. The van der Waals surface area contributed by atoms with Crippen LogP contribution in [0.5, 0.6) is 0 Å². The predicted octanol–water partition coefficient (Wildman–Crippen LogP) is 3.94. The highest BCUT2D eigenvalue weighted by Gasteiger charge is 2.29.